The summed E-state index contributed by atoms with van der Waals surface area (Å²) in [6.45, 7) is 3.56. The van der Waals surface area contributed by atoms with E-state index in [0.717, 1.165) is 0 Å². The molecule has 0 spiro atoms. The molecule has 0 saturated carbocycles. The average Bonchev–Trinajstić information content (AvgIpc) is 2.35. The van der Waals surface area contributed by atoms with Gasteiger partial charge in [-0.1, -0.05) is 26.0 Å². The topological polar surface area (TPSA) is 83.5 Å². The molecule has 1 rings (SSSR count). The lowest BCUT2D eigenvalue weighted by Gasteiger charge is -2.15. The number of amides is 2. The van der Waals surface area contributed by atoms with E-state index in [9.17, 15) is 18.0 Å². The molecule has 1 N–H and O–H groups in total. The molecular formula is C15H22N2O4S. The molecule has 0 atom stereocenters. The molecule has 6 nitrogen and oxygen atoms in total. The lowest BCUT2D eigenvalue weighted by Crippen LogP contribution is -2.28. The van der Waals surface area contributed by atoms with Gasteiger partial charge in [0.1, 0.15) is 5.75 Å². The van der Waals surface area contributed by atoms with E-state index in [2.05, 4.69) is 5.32 Å². The van der Waals surface area contributed by atoms with Crippen LogP contribution >= 0.6 is 0 Å². The van der Waals surface area contributed by atoms with Crippen molar-refractivity contribution in [3.8, 4) is 0 Å². The highest BCUT2D eigenvalue weighted by Crippen LogP contribution is 2.16. The lowest BCUT2D eigenvalue weighted by atomic mass is 10.1. The van der Waals surface area contributed by atoms with Gasteiger partial charge in [0.2, 0.25) is 5.91 Å². The molecule has 2 amide bonds. The van der Waals surface area contributed by atoms with E-state index in [4.69, 9.17) is 0 Å². The molecule has 0 aliphatic carbocycles. The number of anilines is 1. The maximum atomic E-state index is 12.0. The fraction of sp³-hybridized carbons (Fsp3) is 0.467. The Morgan fingerprint density at radius 3 is 2.32 bits per heavy atom. The smallest absolute Gasteiger partial charge is 0.255 e. The Hall–Kier alpha value is -1.89. The van der Waals surface area contributed by atoms with Crippen molar-refractivity contribution in [1.29, 1.82) is 0 Å². The third-order valence-electron chi connectivity index (χ3n) is 2.78. The normalized spacial score (nSPS) is 11.3. The van der Waals surface area contributed by atoms with Crippen molar-refractivity contribution in [3.63, 3.8) is 0 Å². The van der Waals surface area contributed by atoms with Gasteiger partial charge in [-0.05, 0) is 18.1 Å². The first-order valence-electron chi connectivity index (χ1n) is 6.93. The number of carbonyl (C=O) groups excluding carboxylic acids is 2. The molecule has 7 heteroatoms. The molecule has 22 heavy (non-hydrogen) atoms. The van der Waals surface area contributed by atoms with Gasteiger partial charge in [0.25, 0.3) is 5.91 Å². The molecule has 0 unspecified atom stereocenters. The first-order valence-corrected chi connectivity index (χ1v) is 8.75. The van der Waals surface area contributed by atoms with E-state index in [1.54, 1.807) is 52.2 Å². The SMILES string of the molecule is CC(C)CS(=O)(=O)CC(=O)Nc1ccccc1C(=O)N(C)C. The van der Waals surface area contributed by atoms with Crippen LogP contribution in [0.15, 0.2) is 24.3 Å². The highest BCUT2D eigenvalue weighted by Gasteiger charge is 2.20. The molecule has 1 aromatic rings. The number of benzene rings is 1. The minimum atomic E-state index is -3.46. The van der Waals surface area contributed by atoms with Crippen molar-refractivity contribution in [2.75, 3.05) is 30.9 Å². The summed E-state index contributed by atoms with van der Waals surface area (Å²) < 4.78 is 23.7. The van der Waals surface area contributed by atoms with Gasteiger partial charge >= 0.3 is 0 Å². The predicted molar refractivity (Wildman–Crippen MR) is 86.6 cm³/mol. The number of carbonyl (C=O) groups is 2. The maximum Gasteiger partial charge on any atom is 0.255 e. The van der Waals surface area contributed by atoms with Gasteiger partial charge in [-0.25, -0.2) is 8.42 Å². The number of hydrogen-bond acceptors (Lipinski definition) is 4. The van der Waals surface area contributed by atoms with Crippen molar-refractivity contribution in [2.45, 2.75) is 13.8 Å². The molecule has 0 aromatic heterocycles. The number of sulfone groups is 1. The highest BCUT2D eigenvalue weighted by molar-refractivity contribution is 7.92. The third kappa shape index (κ3) is 5.48. The first kappa shape index (κ1) is 18.2. The molecular weight excluding hydrogens is 304 g/mol. The van der Waals surface area contributed by atoms with Crippen LogP contribution in [0.4, 0.5) is 5.69 Å². The van der Waals surface area contributed by atoms with Crippen LogP contribution in [0.3, 0.4) is 0 Å². The summed E-state index contributed by atoms with van der Waals surface area (Å²) in [6.07, 6.45) is 0. The van der Waals surface area contributed by atoms with E-state index in [-0.39, 0.29) is 17.6 Å². The molecule has 0 aliphatic rings. The van der Waals surface area contributed by atoms with Crippen LogP contribution in [0, 0.1) is 5.92 Å². The predicted octanol–water partition coefficient (Wildman–Crippen LogP) is 1.40. The molecule has 0 aliphatic heterocycles. The lowest BCUT2D eigenvalue weighted by molar-refractivity contribution is -0.113. The zero-order chi connectivity index (χ0) is 16.9. The third-order valence-corrected chi connectivity index (χ3v) is 4.65. The average molecular weight is 326 g/mol. The molecule has 122 valence electrons. The molecule has 0 fully saturated rings. The molecule has 1 aromatic carbocycles. The van der Waals surface area contributed by atoms with E-state index < -0.39 is 21.5 Å². The van der Waals surface area contributed by atoms with Gasteiger partial charge in [0.15, 0.2) is 9.84 Å². The monoisotopic (exact) mass is 326 g/mol. The van der Waals surface area contributed by atoms with Crippen LogP contribution in [0.5, 0.6) is 0 Å². The summed E-state index contributed by atoms with van der Waals surface area (Å²) in [5.74, 6) is -1.57. The fourth-order valence-electron chi connectivity index (χ4n) is 1.97. The second kappa shape index (κ2) is 7.40. The van der Waals surface area contributed by atoms with Crippen LogP contribution in [0.2, 0.25) is 0 Å². The number of nitrogens with one attached hydrogen (secondary N) is 1. The molecule has 0 radical (unpaired) electrons. The zero-order valence-electron chi connectivity index (χ0n) is 13.3. The van der Waals surface area contributed by atoms with E-state index in [1.807, 2.05) is 0 Å². The maximum absolute atomic E-state index is 12.0. The van der Waals surface area contributed by atoms with Gasteiger partial charge < -0.3 is 10.2 Å². The summed E-state index contributed by atoms with van der Waals surface area (Å²) in [6, 6.07) is 6.51. The summed E-state index contributed by atoms with van der Waals surface area (Å²) in [4.78, 5) is 25.4. The van der Waals surface area contributed by atoms with Crippen molar-refractivity contribution in [3.05, 3.63) is 29.8 Å². The van der Waals surface area contributed by atoms with Crippen LogP contribution < -0.4 is 5.32 Å². The van der Waals surface area contributed by atoms with Crippen LogP contribution in [-0.4, -0.2) is 50.7 Å². The standard InChI is InChI=1S/C15H22N2O4S/c1-11(2)9-22(20,21)10-14(18)16-13-8-6-5-7-12(13)15(19)17(3)4/h5-8,11H,9-10H2,1-4H3,(H,16,18). The summed E-state index contributed by atoms with van der Waals surface area (Å²) in [7, 11) is -0.247. The number of nitrogens with zero attached hydrogens (tertiary/aromatic N) is 1. The second-order valence-corrected chi connectivity index (χ2v) is 7.85. The van der Waals surface area contributed by atoms with Crippen molar-refractivity contribution in [1.82, 2.24) is 4.90 Å². The van der Waals surface area contributed by atoms with E-state index >= 15 is 0 Å². The van der Waals surface area contributed by atoms with Crippen LogP contribution in [0.25, 0.3) is 0 Å². The second-order valence-electron chi connectivity index (χ2n) is 5.74. The largest absolute Gasteiger partial charge is 0.345 e. The zero-order valence-corrected chi connectivity index (χ0v) is 14.1. The van der Waals surface area contributed by atoms with Crippen LogP contribution in [-0.2, 0) is 14.6 Å². The van der Waals surface area contributed by atoms with Crippen LogP contribution in [0.1, 0.15) is 24.2 Å². The van der Waals surface area contributed by atoms with Gasteiger partial charge in [0, 0.05) is 14.1 Å². The molecule has 0 saturated heterocycles. The van der Waals surface area contributed by atoms with Crippen molar-refractivity contribution in [2.24, 2.45) is 5.92 Å². The Balaban J connectivity index is 2.88. The van der Waals surface area contributed by atoms with Gasteiger partial charge in [-0.2, -0.15) is 0 Å². The summed E-state index contributed by atoms with van der Waals surface area (Å²) in [5, 5.41) is 2.51. The van der Waals surface area contributed by atoms with Crippen molar-refractivity contribution >= 4 is 27.3 Å². The molecule has 0 bridgehead atoms. The van der Waals surface area contributed by atoms with E-state index in [0.29, 0.717) is 11.3 Å². The number of rotatable bonds is 6. The Morgan fingerprint density at radius 2 is 1.77 bits per heavy atom. The fourth-order valence-corrected chi connectivity index (χ4v) is 3.58. The Labute approximate surface area is 131 Å². The van der Waals surface area contributed by atoms with Gasteiger partial charge in [-0.3, -0.25) is 9.59 Å². The van der Waals surface area contributed by atoms with Crippen molar-refractivity contribution < 1.29 is 18.0 Å². The summed E-state index contributed by atoms with van der Waals surface area (Å²) >= 11 is 0. The Morgan fingerprint density at radius 1 is 1.18 bits per heavy atom. The summed E-state index contributed by atoms with van der Waals surface area (Å²) in [5.41, 5.74) is 0.632. The minimum Gasteiger partial charge on any atom is -0.345 e. The molecule has 0 heterocycles. The minimum absolute atomic E-state index is 0.0413. The highest BCUT2D eigenvalue weighted by atomic mass is 32.2. The van der Waals surface area contributed by atoms with E-state index in [1.165, 1.54) is 4.90 Å². The van der Waals surface area contributed by atoms with Gasteiger partial charge in [0.05, 0.1) is 17.0 Å². The van der Waals surface area contributed by atoms with Gasteiger partial charge in [-0.15, -0.1) is 0 Å². The quantitative estimate of drug-likeness (QED) is 0.856. The number of para-hydroxylation sites is 1. The Bertz CT molecular complexity index is 651. The number of hydrogen-bond donors (Lipinski definition) is 1. The first-order chi connectivity index (χ1) is 10.1. The Kier molecular flexibility index (Phi) is 6.11.